The van der Waals surface area contributed by atoms with Gasteiger partial charge in [-0.2, -0.15) is 0 Å². The van der Waals surface area contributed by atoms with Crippen molar-refractivity contribution in [2.45, 2.75) is 43.9 Å². The fourth-order valence-electron chi connectivity index (χ4n) is 3.06. The number of halogens is 1. The van der Waals surface area contributed by atoms with Gasteiger partial charge in [0.25, 0.3) is 0 Å². The van der Waals surface area contributed by atoms with Crippen molar-refractivity contribution >= 4 is 11.6 Å². The first kappa shape index (κ1) is 12.3. The van der Waals surface area contributed by atoms with Gasteiger partial charge in [0, 0.05) is 42.5 Å². The van der Waals surface area contributed by atoms with Crippen LogP contribution in [0.15, 0.2) is 18.2 Å². The van der Waals surface area contributed by atoms with Crippen molar-refractivity contribution in [3.63, 3.8) is 0 Å². The predicted octanol–water partition coefficient (Wildman–Crippen LogP) is 3.06. The number of nitrogens with two attached hydrogens (primary N) is 1. The second-order valence-corrected chi connectivity index (χ2v) is 5.70. The molecule has 3 rings (SSSR count). The Hall–Kier alpha value is -0.770. The predicted molar refractivity (Wildman–Crippen MR) is 71.0 cm³/mol. The Balaban J connectivity index is 1.79. The van der Waals surface area contributed by atoms with Crippen LogP contribution in [0.1, 0.15) is 37.8 Å². The zero-order chi connectivity index (χ0) is 12.8. The molecule has 0 radical (unpaired) electrons. The molecule has 0 saturated heterocycles. The largest absolute Gasteiger partial charge is 0.487 e. The minimum absolute atomic E-state index is 0.00928. The van der Waals surface area contributed by atoms with Crippen molar-refractivity contribution in [2.75, 3.05) is 6.61 Å². The maximum absolute atomic E-state index is 6.24. The zero-order valence-corrected chi connectivity index (χ0v) is 11.2. The van der Waals surface area contributed by atoms with Gasteiger partial charge in [0.2, 0.25) is 0 Å². The summed E-state index contributed by atoms with van der Waals surface area (Å²) < 4.78 is 11.7. The van der Waals surface area contributed by atoms with Gasteiger partial charge in [0.1, 0.15) is 11.4 Å². The molecule has 1 aromatic rings. The molecule has 1 unspecified atom stereocenters. The van der Waals surface area contributed by atoms with E-state index in [1.807, 2.05) is 25.1 Å². The molecular weight excluding hydrogens is 250 g/mol. The van der Waals surface area contributed by atoms with Gasteiger partial charge in [-0.05, 0) is 25.1 Å². The highest BCUT2D eigenvalue weighted by molar-refractivity contribution is 6.30. The molecule has 1 aliphatic carbocycles. The van der Waals surface area contributed by atoms with Gasteiger partial charge in [0.05, 0.1) is 6.10 Å². The summed E-state index contributed by atoms with van der Waals surface area (Å²) in [5.74, 6) is 0.882. The van der Waals surface area contributed by atoms with E-state index in [9.17, 15) is 0 Å². The second-order valence-electron chi connectivity index (χ2n) is 5.26. The molecule has 3 nitrogen and oxygen atoms in total. The summed E-state index contributed by atoms with van der Waals surface area (Å²) in [5, 5.41) is 0.713. The molecule has 0 amide bonds. The first-order chi connectivity index (χ1) is 8.62. The Kier molecular flexibility index (Phi) is 3.00. The van der Waals surface area contributed by atoms with E-state index in [0.29, 0.717) is 11.1 Å². The van der Waals surface area contributed by atoms with E-state index < -0.39 is 0 Å². The zero-order valence-electron chi connectivity index (χ0n) is 10.5. The van der Waals surface area contributed by atoms with Gasteiger partial charge >= 0.3 is 0 Å². The highest BCUT2D eigenvalue weighted by atomic mass is 35.5. The number of rotatable bonds is 2. The van der Waals surface area contributed by atoms with Gasteiger partial charge in [-0.15, -0.1) is 0 Å². The number of ether oxygens (including phenoxy) is 2. The lowest BCUT2D eigenvalue weighted by Gasteiger charge is -2.50. The van der Waals surface area contributed by atoms with E-state index in [0.717, 1.165) is 37.2 Å². The van der Waals surface area contributed by atoms with Crippen molar-refractivity contribution in [1.82, 2.24) is 0 Å². The van der Waals surface area contributed by atoms with Crippen LogP contribution in [0.4, 0.5) is 0 Å². The molecule has 1 aliphatic heterocycles. The second kappa shape index (κ2) is 4.41. The normalized spacial score (nSPS) is 33.7. The van der Waals surface area contributed by atoms with Crippen LogP contribution in [0.3, 0.4) is 0 Å². The molecule has 2 aliphatic rings. The molecule has 0 aromatic heterocycles. The van der Waals surface area contributed by atoms with Crippen molar-refractivity contribution in [1.29, 1.82) is 0 Å². The molecule has 0 bridgehead atoms. The van der Waals surface area contributed by atoms with Gasteiger partial charge in [-0.3, -0.25) is 0 Å². The minimum Gasteiger partial charge on any atom is -0.487 e. The van der Waals surface area contributed by atoms with Crippen LogP contribution in [0.5, 0.6) is 5.75 Å². The maximum Gasteiger partial charge on any atom is 0.125 e. The first-order valence-electron chi connectivity index (χ1n) is 6.47. The average Bonchev–Trinajstić information content (AvgIpc) is 2.29. The smallest absolute Gasteiger partial charge is 0.125 e. The Morgan fingerprint density at radius 3 is 2.94 bits per heavy atom. The van der Waals surface area contributed by atoms with Gasteiger partial charge in [-0.1, -0.05) is 11.6 Å². The summed E-state index contributed by atoms with van der Waals surface area (Å²) in [6.07, 6.45) is 3.06. The van der Waals surface area contributed by atoms with Crippen LogP contribution in [-0.2, 0) is 4.74 Å². The number of hydrogen-bond acceptors (Lipinski definition) is 3. The molecule has 2 N–H and O–H groups in total. The lowest BCUT2D eigenvalue weighted by Crippen LogP contribution is -2.55. The van der Waals surface area contributed by atoms with Crippen LogP contribution in [0, 0.1) is 0 Å². The molecule has 1 heterocycles. The van der Waals surface area contributed by atoms with Crippen LogP contribution < -0.4 is 10.5 Å². The molecule has 1 aromatic carbocycles. The van der Waals surface area contributed by atoms with Gasteiger partial charge in [-0.25, -0.2) is 0 Å². The lowest BCUT2D eigenvalue weighted by molar-refractivity contribution is -0.134. The minimum atomic E-state index is -0.111. The third kappa shape index (κ3) is 2.00. The fraction of sp³-hybridized carbons (Fsp3) is 0.571. The van der Waals surface area contributed by atoms with E-state index in [-0.39, 0.29) is 11.6 Å². The molecular formula is C14H18ClNO2. The molecule has 98 valence electrons. The summed E-state index contributed by atoms with van der Waals surface area (Å²) in [6.45, 7) is 2.79. The molecule has 1 fully saturated rings. The van der Waals surface area contributed by atoms with Crippen LogP contribution in [-0.4, -0.2) is 18.3 Å². The highest BCUT2D eigenvalue weighted by Crippen LogP contribution is 2.49. The Morgan fingerprint density at radius 1 is 1.44 bits per heavy atom. The Morgan fingerprint density at radius 2 is 2.22 bits per heavy atom. The average molecular weight is 268 g/mol. The molecule has 1 saturated carbocycles. The number of fused-ring (bicyclic) bond motifs is 1. The van der Waals surface area contributed by atoms with Gasteiger partial charge in [0.15, 0.2) is 0 Å². The summed E-state index contributed by atoms with van der Waals surface area (Å²) in [7, 11) is 0. The van der Waals surface area contributed by atoms with Gasteiger partial charge < -0.3 is 15.2 Å². The lowest BCUT2D eigenvalue weighted by atomic mass is 9.71. The quantitative estimate of drug-likeness (QED) is 0.896. The van der Waals surface area contributed by atoms with E-state index >= 15 is 0 Å². The molecule has 4 heteroatoms. The topological polar surface area (TPSA) is 44.5 Å². The van der Waals surface area contributed by atoms with Crippen molar-refractivity contribution in [2.24, 2.45) is 5.73 Å². The van der Waals surface area contributed by atoms with Crippen LogP contribution in [0.2, 0.25) is 5.02 Å². The van der Waals surface area contributed by atoms with Crippen molar-refractivity contribution in [3.05, 3.63) is 28.8 Å². The summed E-state index contributed by atoms with van der Waals surface area (Å²) >= 11 is 5.99. The third-order valence-corrected chi connectivity index (χ3v) is 4.13. The van der Waals surface area contributed by atoms with E-state index in [2.05, 4.69) is 0 Å². The molecule has 1 spiro atoms. The van der Waals surface area contributed by atoms with Crippen molar-refractivity contribution in [3.8, 4) is 5.75 Å². The van der Waals surface area contributed by atoms with Crippen molar-refractivity contribution < 1.29 is 9.47 Å². The van der Waals surface area contributed by atoms with E-state index in [1.54, 1.807) is 0 Å². The fourth-order valence-corrected chi connectivity index (χ4v) is 3.24. The molecule has 1 atom stereocenters. The van der Waals surface area contributed by atoms with Crippen LogP contribution >= 0.6 is 11.6 Å². The SMILES string of the molecule is CCOC1CC2(C1)CC(N)c1cc(Cl)ccc1O2. The number of hydrogen-bond donors (Lipinski definition) is 1. The maximum atomic E-state index is 6.24. The summed E-state index contributed by atoms with van der Waals surface area (Å²) in [4.78, 5) is 0. The van der Waals surface area contributed by atoms with E-state index in [1.165, 1.54) is 0 Å². The summed E-state index contributed by atoms with van der Waals surface area (Å²) in [5.41, 5.74) is 7.15. The van der Waals surface area contributed by atoms with Crippen LogP contribution in [0.25, 0.3) is 0 Å². The highest BCUT2D eigenvalue weighted by Gasteiger charge is 2.50. The standard InChI is InChI=1S/C14H18ClNO2/c1-2-17-10-6-14(7-10)8-12(16)11-5-9(15)3-4-13(11)18-14/h3-5,10,12H,2,6-8,16H2,1H3. The Bertz CT molecular complexity index is 457. The summed E-state index contributed by atoms with van der Waals surface area (Å²) in [6, 6.07) is 5.69. The number of benzene rings is 1. The third-order valence-electron chi connectivity index (χ3n) is 3.89. The van der Waals surface area contributed by atoms with E-state index in [4.69, 9.17) is 26.8 Å². The monoisotopic (exact) mass is 267 g/mol. The first-order valence-corrected chi connectivity index (χ1v) is 6.85. The molecule has 18 heavy (non-hydrogen) atoms. The Labute approximate surface area is 112 Å².